The minimum atomic E-state index is -0.671. The van der Waals surface area contributed by atoms with E-state index < -0.39 is 6.04 Å². The molecule has 1 aliphatic rings. The number of ether oxygens (including phenoxy) is 1. The molecule has 2 heterocycles. The Labute approximate surface area is 181 Å². The zero-order valence-electron chi connectivity index (χ0n) is 17.7. The van der Waals surface area contributed by atoms with Crippen LogP contribution in [0.5, 0.6) is 5.75 Å². The van der Waals surface area contributed by atoms with Crippen LogP contribution in [0, 0.1) is 0 Å². The van der Waals surface area contributed by atoms with Gasteiger partial charge in [-0.2, -0.15) is 0 Å². The lowest BCUT2D eigenvalue weighted by molar-refractivity contribution is -0.127. The molecule has 3 amide bonds. The molecule has 8 nitrogen and oxygen atoms in total. The molecule has 31 heavy (non-hydrogen) atoms. The van der Waals surface area contributed by atoms with E-state index in [1.807, 2.05) is 12.1 Å². The minimum Gasteiger partial charge on any atom is -0.497 e. The Morgan fingerprint density at radius 2 is 1.87 bits per heavy atom. The van der Waals surface area contributed by atoms with Crippen LogP contribution in [0.15, 0.2) is 53.2 Å². The second kappa shape index (κ2) is 10.5. The molecule has 0 spiro atoms. The Morgan fingerprint density at radius 3 is 2.48 bits per heavy atom. The first kappa shape index (κ1) is 22.1. The number of hydrogen-bond acceptors (Lipinski definition) is 5. The molecule has 2 aromatic rings. The first-order valence-corrected chi connectivity index (χ1v) is 10.2. The molecule has 1 unspecified atom stereocenters. The molecule has 1 atom stereocenters. The van der Waals surface area contributed by atoms with Crippen LogP contribution in [0.1, 0.15) is 35.9 Å². The highest BCUT2D eigenvalue weighted by molar-refractivity contribution is 5.95. The summed E-state index contributed by atoms with van der Waals surface area (Å²) in [5.74, 6) is 0.322. The van der Waals surface area contributed by atoms with E-state index in [1.54, 1.807) is 49.3 Å². The second-order valence-corrected chi connectivity index (χ2v) is 7.39. The van der Waals surface area contributed by atoms with Gasteiger partial charge in [0.15, 0.2) is 5.76 Å². The van der Waals surface area contributed by atoms with Gasteiger partial charge in [-0.1, -0.05) is 12.1 Å². The highest BCUT2D eigenvalue weighted by Crippen LogP contribution is 2.15. The molecular formula is C23H27N3O5. The normalized spacial score (nSPS) is 15.5. The van der Waals surface area contributed by atoms with E-state index >= 15 is 0 Å². The maximum atomic E-state index is 12.4. The molecule has 0 aliphatic carbocycles. The minimum absolute atomic E-state index is 0.0395. The van der Waals surface area contributed by atoms with Crippen molar-refractivity contribution in [1.82, 2.24) is 15.5 Å². The first-order valence-electron chi connectivity index (χ1n) is 10.2. The van der Waals surface area contributed by atoms with Crippen molar-refractivity contribution in [2.75, 3.05) is 20.2 Å². The number of nitrogens with one attached hydrogen (secondary N) is 2. The van der Waals surface area contributed by atoms with Crippen molar-refractivity contribution < 1.29 is 23.5 Å². The Balaban J connectivity index is 1.41. The van der Waals surface area contributed by atoms with Gasteiger partial charge in [-0.25, -0.2) is 0 Å². The van der Waals surface area contributed by atoms with E-state index in [-0.39, 0.29) is 23.8 Å². The van der Waals surface area contributed by atoms with Crippen molar-refractivity contribution in [3.63, 3.8) is 0 Å². The molecule has 1 saturated heterocycles. The molecule has 1 aliphatic heterocycles. The van der Waals surface area contributed by atoms with Crippen molar-refractivity contribution >= 4 is 23.8 Å². The Hall–Kier alpha value is -3.55. The van der Waals surface area contributed by atoms with Crippen LogP contribution < -0.4 is 15.4 Å². The van der Waals surface area contributed by atoms with E-state index in [0.29, 0.717) is 31.7 Å². The molecule has 1 aromatic carbocycles. The molecule has 0 saturated carbocycles. The molecule has 0 radical (unpaired) electrons. The lowest BCUT2D eigenvalue weighted by Crippen LogP contribution is -2.51. The van der Waals surface area contributed by atoms with Gasteiger partial charge in [-0.15, -0.1) is 0 Å². The molecule has 8 heteroatoms. The zero-order chi connectivity index (χ0) is 22.2. The predicted molar refractivity (Wildman–Crippen MR) is 115 cm³/mol. The topological polar surface area (TPSA) is 101 Å². The fraction of sp³-hybridized carbons (Fsp3) is 0.348. The quantitative estimate of drug-likeness (QED) is 0.663. The predicted octanol–water partition coefficient (Wildman–Crippen LogP) is 2.23. The van der Waals surface area contributed by atoms with Crippen molar-refractivity contribution in [2.45, 2.75) is 31.8 Å². The van der Waals surface area contributed by atoms with Crippen LogP contribution in [0.25, 0.3) is 6.08 Å². The van der Waals surface area contributed by atoms with E-state index in [1.165, 1.54) is 12.3 Å². The number of furan rings is 1. The van der Waals surface area contributed by atoms with Crippen molar-refractivity contribution in [2.24, 2.45) is 0 Å². The molecule has 0 bridgehead atoms. The van der Waals surface area contributed by atoms with Crippen LogP contribution >= 0.6 is 0 Å². The number of nitrogens with zero attached hydrogens (tertiary/aromatic N) is 1. The maximum absolute atomic E-state index is 12.4. The largest absolute Gasteiger partial charge is 0.497 e. The maximum Gasteiger partial charge on any atom is 0.289 e. The summed E-state index contributed by atoms with van der Waals surface area (Å²) in [5.41, 5.74) is 0.851. The average Bonchev–Trinajstić information content (AvgIpc) is 3.33. The molecule has 164 valence electrons. The molecule has 3 rings (SSSR count). The van der Waals surface area contributed by atoms with Crippen molar-refractivity contribution in [1.29, 1.82) is 0 Å². The highest BCUT2D eigenvalue weighted by atomic mass is 16.5. The SMILES string of the molecule is COc1ccc(/C=C/C(=O)NC(C)C(=O)NC2CCN(C(=O)c3ccco3)CC2)cc1. The monoisotopic (exact) mass is 425 g/mol. The smallest absolute Gasteiger partial charge is 0.289 e. The van der Waals surface area contributed by atoms with Gasteiger partial charge >= 0.3 is 0 Å². The molecular weight excluding hydrogens is 398 g/mol. The number of piperidine rings is 1. The number of rotatable bonds is 7. The van der Waals surface area contributed by atoms with E-state index in [2.05, 4.69) is 10.6 Å². The van der Waals surface area contributed by atoms with Crippen LogP contribution in [-0.4, -0.2) is 54.9 Å². The number of hydrogen-bond donors (Lipinski definition) is 2. The Kier molecular flexibility index (Phi) is 7.48. The number of methoxy groups -OCH3 is 1. The van der Waals surface area contributed by atoms with Crippen LogP contribution in [0.3, 0.4) is 0 Å². The van der Waals surface area contributed by atoms with Gasteiger partial charge in [0.05, 0.1) is 13.4 Å². The summed E-state index contributed by atoms with van der Waals surface area (Å²) < 4.78 is 10.3. The average molecular weight is 425 g/mol. The summed E-state index contributed by atoms with van der Waals surface area (Å²) >= 11 is 0. The summed E-state index contributed by atoms with van der Waals surface area (Å²) in [6.45, 7) is 2.72. The number of likely N-dealkylation sites (tertiary alicyclic amines) is 1. The first-order chi connectivity index (χ1) is 15.0. The van der Waals surface area contributed by atoms with E-state index in [4.69, 9.17) is 9.15 Å². The van der Waals surface area contributed by atoms with Gasteiger partial charge in [0.1, 0.15) is 11.8 Å². The summed E-state index contributed by atoms with van der Waals surface area (Å²) in [5, 5.41) is 5.62. The van der Waals surface area contributed by atoms with Gasteiger partial charge in [-0.3, -0.25) is 14.4 Å². The third-order valence-electron chi connectivity index (χ3n) is 5.16. The van der Waals surface area contributed by atoms with Crippen LogP contribution in [0.2, 0.25) is 0 Å². The van der Waals surface area contributed by atoms with Crippen molar-refractivity contribution in [3.8, 4) is 5.75 Å². The summed E-state index contributed by atoms with van der Waals surface area (Å²) in [7, 11) is 1.59. The number of carbonyl (C=O) groups is 3. The third kappa shape index (κ3) is 6.21. The number of amides is 3. The molecule has 1 aromatic heterocycles. The molecule has 2 N–H and O–H groups in total. The number of benzene rings is 1. The van der Waals surface area contributed by atoms with Crippen LogP contribution in [-0.2, 0) is 9.59 Å². The van der Waals surface area contributed by atoms with Crippen molar-refractivity contribution in [3.05, 3.63) is 60.1 Å². The van der Waals surface area contributed by atoms with Gasteiger partial charge in [-0.05, 0) is 55.7 Å². The number of carbonyl (C=O) groups excluding carboxylic acids is 3. The zero-order valence-corrected chi connectivity index (χ0v) is 17.7. The third-order valence-corrected chi connectivity index (χ3v) is 5.16. The van der Waals surface area contributed by atoms with Gasteiger partial charge in [0.2, 0.25) is 11.8 Å². The van der Waals surface area contributed by atoms with Crippen LogP contribution in [0.4, 0.5) is 0 Å². The fourth-order valence-electron chi connectivity index (χ4n) is 3.32. The summed E-state index contributed by atoms with van der Waals surface area (Å²) in [6, 6.07) is 9.90. The Morgan fingerprint density at radius 1 is 1.16 bits per heavy atom. The lowest BCUT2D eigenvalue weighted by Gasteiger charge is -2.32. The second-order valence-electron chi connectivity index (χ2n) is 7.39. The Bertz CT molecular complexity index is 913. The van der Waals surface area contributed by atoms with Gasteiger partial charge in [0, 0.05) is 25.2 Å². The summed E-state index contributed by atoms with van der Waals surface area (Å²) in [4.78, 5) is 38.6. The van der Waals surface area contributed by atoms with E-state index in [0.717, 1.165) is 11.3 Å². The molecule has 1 fully saturated rings. The highest BCUT2D eigenvalue weighted by Gasteiger charge is 2.27. The van der Waals surface area contributed by atoms with E-state index in [9.17, 15) is 14.4 Å². The summed E-state index contributed by atoms with van der Waals surface area (Å²) in [6.07, 6.45) is 5.84. The fourth-order valence-corrected chi connectivity index (χ4v) is 3.32. The van der Waals surface area contributed by atoms with Gasteiger partial charge < -0.3 is 24.7 Å². The lowest BCUT2D eigenvalue weighted by atomic mass is 10.0. The standard InChI is InChI=1S/C23H27N3O5/c1-16(24-21(27)10-7-17-5-8-19(30-2)9-6-17)22(28)25-18-11-13-26(14-12-18)23(29)20-4-3-15-31-20/h3-10,15-16,18H,11-14H2,1-2H3,(H,24,27)(H,25,28)/b10-7+. The van der Waals surface area contributed by atoms with Gasteiger partial charge in [0.25, 0.3) is 5.91 Å².